The fraction of sp³-hybridized carbons (Fsp3) is 1.00. The van der Waals surface area contributed by atoms with Crippen molar-refractivity contribution >= 4 is 7.26 Å². The Balaban J connectivity index is 4.30. The molecule has 0 radical (unpaired) electrons. The lowest BCUT2D eigenvalue weighted by Crippen LogP contribution is -2.15. The number of hydrogen-bond donors (Lipinski definition) is 1. The van der Waals surface area contributed by atoms with Gasteiger partial charge in [-0.1, -0.05) is 290 Å². The average Bonchev–Trinajstić information content (AvgIpc) is 3.23. The summed E-state index contributed by atoms with van der Waals surface area (Å²) in [6.45, 7) is 7.40. The highest BCUT2D eigenvalue weighted by atomic mass is 31.2. The van der Waals surface area contributed by atoms with Gasteiger partial charge in [-0.25, -0.2) is 0 Å². The van der Waals surface area contributed by atoms with Crippen molar-refractivity contribution in [1.82, 2.24) is 0 Å². The molecule has 0 aromatic heterocycles. The molecule has 350 valence electrons. The van der Waals surface area contributed by atoms with Gasteiger partial charge in [0.2, 0.25) is 0 Å². The topological polar surface area (TPSA) is 20.2 Å². The van der Waals surface area contributed by atoms with Crippen molar-refractivity contribution in [2.45, 2.75) is 329 Å². The molecule has 0 aromatic rings. The normalized spacial score (nSPS) is 12.0. The van der Waals surface area contributed by atoms with Crippen LogP contribution in [0.15, 0.2) is 0 Å². The molecule has 0 amide bonds. The van der Waals surface area contributed by atoms with Crippen molar-refractivity contribution in [3.8, 4) is 0 Å². The molecule has 2 heteroatoms. The zero-order valence-corrected chi connectivity index (χ0v) is 42.3. The van der Waals surface area contributed by atoms with Crippen molar-refractivity contribution in [3.63, 3.8) is 0 Å². The maximum absolute atomic E-state index is 10.3. The molecule has 1 nitrogen and oxygen atoms in total. The predicted molar refractivity (Wildman–Crippen MR) is 272 cm³/mol. The van der Waals surface area contributed by atoms with E-state index in [4.69, 9.17) is 0 Å². The van der Waals surface area contributed by atoms with E-state index in [-0.39, 0.29) is 0 Å². The van der Waals surface area contributed by atoms with E-state index in [1.54, 1.807) is 0 Å². The van der Waals surface area contributed by atoms with Crippen LogP contribution < -0.4 is 0 Å². The number of aliphatic hydroxyl groups excluding tert-OH is 1. The highest BCUT2D eigenvalue weighted by molar-refractivity contribution is 7.75. The minimum atomic E-state index is -1.01. The molecule has 0 saturated heterocycles. The Morgan fingerprint density at radius 1 is 0.190 bits per heavy atom. The lowest BCUT2D eigenvalue weighted by Gasteiger charge is -2.28. The lowest BCUT2D eigenvalue weighted by atomic mass is 10.0. The van der Waals surface area contributed by atoms with E-state index in [0.717, 1.165) is 0 Å². The van der Waals surface area contributed by atoms with Crippen LogP contribution >= 0.6 is 7.26 Å². The second kappa shape index (κ2) is 51.7. The second-order valence-corrected chi connectivity index (χ2v) is 24.3. The maximum atomic E-state index is 10.3. The van der Waals surface area contributed by atoms with Gasteiger partial charge in [-0.15, -0.1) is 0 Å². The summed E-state index contributed by atoms with van der Waals surface area (Å²) in [5, 5.41) is 10.3. The summed E-state index contributed by atoms with van der Waals surface area (Å²) in [5.41, 5.74) is 0. The molecular weight excluding hydrogens is 720 g/mol. The van der Waals surface area contributed by atoms with Crippen LogP contribution in [0.5, 0.6) is 0 Å². The Hall–Kier alpha value is 0.390. The molecule has 0 aliphatic heterocycles. The van der Waals surface area contributed by atoms with Crippen LogP contribution in [-0.4, -0.2) is 36.4 Å². The van der Waals surface area contributed by atoms with Gasteiger partial charge in [-0.3, -0.25) is 0 Å². The Morgan fingerprint density at radius 3 is 0.466 bits per heavy atom. The van der Waals surface area contributed by atoms with E-state index in [0.29, 0.717) is 6.61 Å². The van der Waals surface area contributed by atoms with Gasteiger partial charge in [0.15, 0.2) is 0 Å². The Bertz CT molecular complexity index is 618. The molecule has 0 spiro atoms. The number of unbranched alkanes of at least 4 members (excludes halogenated alkanes) is 45. The molecule has 58 heavy (non-hydrogen) atoms. The molecule has 0 aromatic carbocycles. The Morgan fingerprint density at radius 2 is 0.328 bits per heavy atom. The zero-order valence-electron chi connectivity index (χ0n) is 41.4. The summed E-state index contributed by atoms with van der Waals surface area (Å²) < 4.78 is 0. The van der Waals surface area contributed by atoms with E-state index in [1.807, 2.05) is 0 Å². The smallest absolute Gasteiger partial charge is 0.0825 e. The van der Waals surface area contributed by atoms with Crippen LogP contribution in [0.4, 0.5) is 0 Å². The lowest BCUT2D eigenvalue weighted by molar-refractivity contribution is 0.320. The highest BCUT2D eigenvalue weighted by Gasteiger charge is 2.35. The van der Waals surface area contributed by atoms with E-state index < -0.39 is 7.26 Å². The molecule has 0 unspecified atom stereocenters. The van der Waals surface area contributed by atoms with E-state index in [9.17, 15) is 5.11 Å². The minimum absolute atomic E-state index is 0.449. The average molecular weight is 837 g/mol. The van der Waals surface area contributed by atoms with Gasteiger partial charge in [0, 0.05) is 7.26 Å². The zero-order chi connectivity index (χ0) is 42.0. The first-order valence-electron chi connectivity index (χ1n) is 28.2. The summed E-state index contributed by atoms with van der Waals surface area (Å²) in [6, 6.07) is 0. The SMILES string of the molecule is CCCCCCCCCCCCCCCCCC[P+](CCO)(CCCCCCCCCCCCCCCCCC)CCCCCCCCCCCCCCCCCC. The van der Waals surface area contributed by atoms with Gasteiger partial charge in [0.05, 0.1) is 31.3 Å². The number of aliphatic hydroxyl groups is 1. The van der Waals surface area contributed by atoms with Gasteiger partial charge in [0.25, 0.3) is 0 Å². The van der Waals surface area contributed by atoms with E-state index in [2.05, 4.69) is 20.8 Å². The second-order valence-electron chi connectivity index (χ2n) is 19.9. The van der Waals surface area contributed by atoms with Crippen LogP contribution in [-0.2, 0) is 0 Å². The van der Waals surface area contributed by atoms with Gasteiger partial charge in [-0.05, 0) is 38.5 Å². The van der Waals surface area contributed by atoms with Gasteiger partial charge < -0.3 is 5.11 Å². The van der Waals surface area contributed by atoms with Gasteiger partial charge in [0.1, 0.15) is 0 Å². The first-order valence-corrected chi connectivity index (χ1v) is 30.7. The molecule has 0 saturated carbocycles. The highest BCUT2D eigenvalue weighted by Crippen LogP contribution is 2.60. The molecule has 1 N–H and O–H groups in total. The van der Waals surface area contributed by atoms with Crippen LogP contribution in [0.3, 0.4) is 0 Å². The van der Waals surface area contributed by atoms with Crippen LogP contribution in [0, 0.1) is 0 Å². The summed E-state index contributed by atoms with van der Waals surface area (Å²) in [5.74, 6) is 0. The summed E-state index contributed by atoms with van der Waals surface area (Å²) in [4.78, 5) is 0. The molecule has 0 fully saturated rings. The summed E-state index contributed by atoms with van der Waals surface area (Å²) in [7, 11) is -1.01. The van der Waals surface area contributed by atoms with Crippen LogP contribution in [0.25, 0.3) is 0 Å². The molecule has 0 rings (SSSR count). The van der Waals surface area contributed by atoms with Gasteiger partial charge in [-0.2, -0.15) is 0 Å². The monoisotopic (exact) mass is 836 g/mol. The first kappa shape index (κ1) is 58.4. The van der Waals surface area contributed by atoms with Crippen molar-refractivity contribution in [2.24, 2.45) is 0 Å². The Kier molecular flexibility index (Phi) is 52.1. The van der Waals surface area contributed by atoms with Crippen molar-refractivity contribution < 1.29 is 5.11 Å². The number of rotatable bonds is 53. The molecule has 0 atom stereocenters. The number of hydrogen-bond acceptors (Lipinski definition) is 1. The van der Waals surface area contributed by atoms with Crippen molar-refractivity contribution in [3.05, 3.63) is 0 Å². The first-order chi connectivity index (χ1) is 28.7. The maximum Gasteiger partial charge on any atom is 0.0825 e. The largest absolute Gasteiger partial charge is 0.393 e. The quantitative estimate of drug-likeness (QED) is 0.0478. The summed E-state index contributed by atoms with van der Waals surface area (Å²) in [6.07, 6.45) is 75.6. The molecule has 0 bridgehead atoms. The third-order valence-corrected chi connectivity index (χ3v) is 19.0. The predicted octanol–water partition coefficient (Wildman–Crippen LogP) is 20.8. The third kappa shape index (κ3) is 45.9. The molecule has 0 heterocycles. The molecular formula is C56H116OP+. The standard InChI is InChI=1S/C56H116OP/c1-4-7-10-13-16-19-22-25-28-31-34-37-40-43-46-49-53-58(56-52-57,54-50-47-44-41-38-35-32-29-26-23-20-17-14-11-8-5-2)55-51-48-45-42-39-36-33-30-27-24-21-18-15-12-9-6-3/h57H,4-56H2,1-3H3/q+1. The van der Waals surface area contributed by atoms with Crippen LogP contribution in [0.1, 0.15) is 329 Å². The van der Waals surface area contributed by atoms with Gasteiger partial charge >= 0.3 is 0 Å². The fourth-order valence-electron chi connectivity index (χ4n) is 9.87. The summed E-state index contributed by atoms with van der Waals surface area (Å²) >= 11 is 0. The Labute approximate surface area is 371 Å². The fourth-order valence-corrected chi connectivity index (χ4v) is 14.3. The van der Waals surface area contributed by atoms with Crippen molar-refractivity contribution in [1.29, 1.82) is 0 Å². The molecule has 0 aliphatic rings. The third-order valence-electron chi connectivity index (χ3n) is 14.0. The van der Waals surface area contributed by atoms with Crippen molar-refractivity contribution in [2.75, 3.05) is 31.3 Å². The minimum Gasteiger partial charge on any atom is -0.393 e. The molecule has 0 aliphatic carbocycles. The van der Waals surface area contributed by atoms with E-state index >= 15 is 0 Å². The van der Waals surface area contributed by atoms with E-state index in [1.165, 1.54) is 333 Å². The van der Waals surface area contributed by atoms with Crippen LogP contribution in [0.2, 0.25) is 0 Å².